The molecule has 0 atom stereocenters. The zero-order valence-electron chi connectivity index (χ0n) is 17.7. The Balaban J connectivity index is 1.20. The van der Waals surface area contributed by atoms with Gasteiger partial charge in [0.1, 0.15) is 5.82 Å². The summed E-state index contributed by atoms with van der Waals surface area (Å²) in [6, 6.07) is 21.4. The molecule has 2 aromatic heterocycles. The first-order valence-electron chi connectivity index (χ1n) is 10.8. The van der Waals surface area contributed by atoms with Crippen molar-refractivity contribution in [3.8, 4) is 5.13 Å². The van der Waals surface area contributed by atoms with Crippen LogP contribution in [0.15, 0.2) is 72.9 Å². The molecule has 4 aromatic rings. The maximum Gasteiger partial charge on any atom is 0.218 e. The second-order valence-corrected chi connectivity index (χ2v) is 8.68. The van der Waals surface area contributed by atoms with Crippen molar-refractivity contribution >= 4 is 22.2 Å². The number of piperazine rings is 1. The Labute approximate surface area is 190 Å². The number of halogens is 1. The van der Waals surface area contributed by atoms with Crippen LogP contribution in [0.2, 0.25) is 0 Å². The van der Waals surface area contributed by atoms with Gasteiger partial charge in [0.15, 0.2) is 0 Å². The van der Waals surface area contributed by atoms with Crippen molar-refractivity contribution in [2.24, 2.45) is 0 Å². The number of hydrogen-bond acceptors (Lipinski definition) is 6. The second-order valence-electron chi connectivity index (χ2n) is 7.74. The van der Waals surface area contributed by atoms with Crippen molar-refractivity contribution in [1.82, 2.24) is 20.1 Å². The average Bonchev–Trinajstić information content (AvgIpc) is 3.51. The number of benzene rings is 2. The molecule has 0 radical (unpaired) electrons. The van der Waals surface area contributed by atoms with Crippen molar-refractivity contribution in [3.05, 3.63) is 90.0 Å². The van der Waals surface area contributed by atoms with E-state index in [9.17, 15) is 4.39 Å². The molecule has 0 aliphatic carbocycles. The fourth-order valence-corrected chi connectivity index (χ4v) is 4.86. The standard InChI is InChI=1S/C24H25FN6S/c25-22-11-5-4-7-19(22)17-26-18-21-10-6-12-31(21)24-28-27-23(32-24)30-15-13-29(14-16-30)20-8-2-1-3-9-20/h1-12,26H,13-18H2. The summed E-state index contributed by atoms with van der Waals surface area (Å²) in [6.45, 7) is 4.87. The molecule has 6 nitrogen and oxygen atoms in total. The number of nitrogens with one attached hydrogen (secondary N) is 1. The summed E-state index contributed by atoms with van der Waals surface area (Å²) in [5.74, 6) is -0.184. The second kappa shape index (κ2) is 9.50. The van der Waals surface area contributed by atoms with Gasteiger partial charge in [-0.2, -0.15) is 0 Å². The Bertz CT molecular complexity index is 1150. The molecule has 32 heavy (non-hydrogen) atoms. The molecule has 8 heteroatoms. The van der Waals surface area contributed by atoms with E-state index < -0.39 is 0 Å². The molecule has 0 spiro atoms. The third kappa shape index (κ3) is 4.51. The van der Waals surface area contributed by atoms with Gasteiger partial charge >= 0.3 is 0 Å². The molecular formula is C24H25FN6S. The maximum absolute atomic E-state index is 13.8. The van der Waals surface area contributed by atoms with Gasteiger partial charge in [-0.3, -0.25) is 4.57 Å². The Kier molecular flexibility index (Phi) is 6.13. The Morgan fingerprint density at radius 2 is 1.50 bits per heavy atom. The highest BCUT2D eigenvalue weighted by Gasteiger charge is 2.21. The molecule has 1 saturated heterocycles. The molecular weight excluding hydrogens is 423 g/mol. The molecule has 1 N–H and O–H groups in total. The lowest BCUT2D eigenvalue weighted by Crippen LogP contribution is -2.46. The minimum atomic E-state index is -0.184. The van der Waals surface area contributed by atoms with Crippen LogP contribution in [0.5, 0.6) is 0 Å². The summed E-state index contributed by atoms with van der Waals surface area (Å²) in [7, 11) is 0. The van der Waals surface area contributed by atoms with E-state index in [-0.39, 0.29) is 5.82 Å². The van der Waals surface area contributed by atoms with Crippen LogP contribution >= 0.6 is 11.3 Å². The molecule has 1 aliphatic heterocycles. The van der Waals surface area contributed by atoms with E-state index in [1.807, 2.05) is 30.5 Å². The van der Waals surface area contributed by atoms with Crippen molar-refractivity contribution < 1.29 is 4.39 Å². The van der Waals surface area contributed by atoms with E-state index in [4.69, 9.17) is 0 Å². The maximum atomic E-state index is 13.8. The molecule has 0 amide bonds. The Morgan fingerprint density at radius 1 is 0.781 bits per heavy atom. The monoisotopic (exact) mass is 448 g/mol. The first kappa shape index (κ1) is 20.7. The van der Waals surface area contributed by atoms with Gasteiger partial charge in [0.2, 0.25) is 10.3 Å². The molecule has 0 bridgehead atoms. The number of rotatable bonds is 7. The third-order valence-corrected chi connectivity index (χ3v) is 6.68. The lowest BCUT2D eigenvalue weighted by atomic mass is 10.2. The number of anilines is 2. The summed E-state index contributed by atoms with van der Waals surface area (Å²) in [5, 5.41) is 14.0. The number of para-hydroxylation sites is 1. The van der Waals surface area contributed by atoms with Gasteiger partial charge in [-0.1, -0.05) is 47.7 Å². The quantitative estimate of drug-likeness (QED) is 0.462. The topological polar surface area (TPSA) is 49.2 Å². The Morgan fingerprint density at radius 3 is 2.31 bits per heavy atom. The van der Waals surface area contributed by atoms with Crippen LogP contribution in [-0.4, -0.2) is 40.9 Å². The van der Waals surface area contributed by atoms with Crippen molar-refractivity contribution in [2.75, 3.05) is 36.0 Å². The number of nitrogens with zero attached hydrogens (tertiary/aromatic N) is 5. The predicted octanol–water partition coefficient (Wildman–Crippen LogP) is 4.08. The summed E-state index contributed by atoms with van der Waals surface area (Å²) < 4.78 is 15.9. The molecule has 0 unspecified atom stereocenters. The van der Waals surface area contributed by atoms with Crippen molar-refractivity contribution in [1.29, 1.82) is 0 Å². The first-order chi connectivity index (χ1) is 15.8. The van der Waals surface area contributed by atoms with Gasteiger partial charge in [-0.25, -0.2) is 4.39 Å². The van der Waals surface area contributed by atoms with E-state index in [0.29, 0.717) is 18.7 Å². The van der Waals surface area contributed by atoms with Crippen LogP contribution in [0, 0.1) is 5.82 Å². The van der Waals surface area contributed by atoms with Crippen molar-refractivity contribution in [3.63, 3.8) is 0 Å². The molecule has 2 aromatic carbocycles. The van der Waals surface area contributed by atoms with Crippen LogP contribution in [0.25, 0.3) is 5.13 Å². The highest BCUT2D eigenvalue weighted by atomic mass is 32.1. The highest BCUT2D eigenvalue weighted by Crippen LogP contribution is 2.26. The summed E-state index contributed by atoms with van der Waals surface area (Å²) in [6.07, 6.45) is 2.00. The van der Waals surface area contributed by atoms with E-state index in [1.54, 1.807) is 23.5 Å². The third-order valence-electron chi connectivity index (χ3n) is 5.69. The highest BCUT2D eigenvalue weighted by molar-refractivity contribution is 7.17. The van der Waals surface area contributed by atoms with Gasteiger partial charge in [0.25, 0.3) is 0 Å². The SMILES string of the molecule is Fc1ccccc1CNCc1cccn1-c1nnc(N2CCN(c3ccccc3)CC2)s1. The first-order valence-corrected chi connectivity index (χ1v) is 11.6. The van der Waals surface area contributed by atoms with Gasteiger partial charge < -0.3 is 15.1 Å². The zero-order valence-corrected chi connectivity index (χ0v) is 18.5. The van der Waals surface area contributed by atoms with Gasteiger partial charge in [-0.05, 0) is 30.3 Å². The van der Waals surface area contributed by atoms with Crippen LogP contribution in [0.1, 0.15) is 11.3 Å². The van der Waals surface area contributed by atoms with Gasteiger partial charge in [0.05, 0.1) is 0 Å². The largest absolute Gasteiger partial charge is 0.368 e. The smallest absolute Gasteiger partial charge is 0.218 e. The van der Waals surface area contributed by atoms with Crippen LogP contribution < -0.4 is 15.1 Å². The minimum absolute atomic E-state index is 0.184. The van der Waals surface area contributed by atoms with Gasteiger partial charge in [0, 0.05) is 62.4 Å². The average molecular weight is 449 g/mol. The lowest BCUT2D eigenvalue weighted by Gasteiger charge is -2.35. The minimum Gasteiger partial charge on any atom is -0.368 e. The normalized spacial score (nSPS) is 14.2. The molecule has 5 rings (SSSR count). The van der Waals surface area contributed by atoms with E-state index >= 15 is 0 Å². The summed E-state index contributed by atoms with van der Waals surface area (Å²) >= 11 is 1.60. The van der Waals surface area contributed by atoms with Gasteiger partial charge in [-0.15, -0.1) is 10.2 Å². The summed E-state index contributed by atoms with van der Waals surface area (Å²) in [5.41, 5.74) is 3.00. The Hall–Kier alpha value is -3.23. The molecule has 1 aliphatic rings. The van der Waals surface area contributed by atoms with E-state index in [1.165, 1.54) is 11.8 Å². The molecule has 164 valence electrons. The number of hydrogen-bond donors (Lipinski definition) is 1. The molecule has 1 fully saturated rings. The van der Waals surface area contributed by atoms with Crippen LogP contribution in [-0.2, 0) is 13.1 Å². The van der Waals surface area contributed by atoms with Crippen molar-refractivity contribution in [2.45, 2.75) is 13.1 Å². The van der Waals surface area contributed by atoms with E-state index in [0.717, 1.165) is 42.1 Å². The van der Waals surface area contributed by atoms with Crippen LogP contribution in [0.4, 0.5) is 15.2 Å². The fraction of sp³-hybridized carbons (Fsp3) is 0.250. The number of aromatic nitrogens is 3. The summed E-state index contributed by atoms with van der Waals surface area (Å²) in [4.78, 5) is 4.71. The molecule has 3 heterocycles. The zero-order chi connectivity index (χ0) is 21.8. The molecule has 0 saturated carbocycles. The predicted molar refractivity (Wildman–Crippen MR) is 127 cm³/mol. The van der Waals surface area contributed by atoms with E-state index in [2.05, 4.69) is 54.1 Å². The lowest BCUT2D eigenvalue weighted by molar-refractivity contribution is 0.584. The fourth-order valence-electron chi connectivity index (χ4n) is 3.94. The van der Waals surface area contributed by atoms with Crippen LogP contribution in [0.3, 0.4) is 0 Å².